The quantitative estimate of drug-likeness (QED) is 0.187. The second-order valence-corrected chi connectivity index (χ2v) is 18.2. The van der Waals surface area contributed by atoms with Crippen molar-refractivity contribution in [3.05, 3.63) is 79.0 Å². The smallest absolute Gasteiger partial charge is 0.316 e. The average molecular weight is 775 g/mol. The van der Waals surface area contributed by atoms with E-state index in [-0.39, 0.29) is 19.4 Å². The molecular weight excluding hydrogens is 725 g/mol. The number of carbonyl (C=O) groups is 4. The molecule has 6 rings (SSSR count). The van der Waals surface area contributed by atoms with Crippen molar-refractivity contribution in [2.45, 2.75) is 94.8 Å². The molecule has 15 heteroatoms. The van der Waals surface area contributed by atoms with Crippen LogP contribution in [0.5, 0.6) is 11.6 Å². The summed E-state index contributed by atoms with van der Waals surface area (Å²) in [5, 5.41) is 9.51. The number of urea groups is 1. The topological polar surface area (TPSA) is 185 Å². The molecule has 2 saturated carbocycles. The zero-order chi connectivity index (χ0) is 39.9. The fourth-order valence-electron chi connectivity index (χ4n) is 7.09. The first-order chi connectivity index (χ1) is 25.9. The number of sulfonamides is 1. The minimum Gasteiger partial charge on any atom is -0.497 e. The third-order valence-corrected chi connectivity index (χ3v) is 12.4. The molecule has 5 amide bonds. The van der Waals surface area contributed by atoms with Crippen LogP contribution in [0.1, 0.15) is 65.9 Å². The van der Waals surface area contributed by atoms with Gasteiger partial charge >= 0.3 is 6.03 Å². The van der Waals surface area contributed by atoms with Crippen LogP contribution >= 0.6 is 0 Å². The highest BCUT2D eigenvalue weighted by Crippen LogP contribution is 2.45. The van der Waals surface area contributed by atoms with E-state index >= 15 is 0 Å². The number of pyridine rings is 1. The fourth-order valence-corrected chi connectivity index (χ4v) is 8.46. The molecule has 0 spiro atoms. The van der Waals surface area contributed by atoms with Gasteiger partial charge in [-0.1, -0.05) is 57.2 Å². The summed E-state index contributed by atoms with van der Waals surface area (Å²) in [5.41, 5.74) is -2.30. The van der Waals surface area contributed by atoms with Gasteiger partial charge in [-0.2, -0.15) is 0 Å². The molecule has 294 valence electrons. The lowest BCUT2D eigenvalue weighted by Gasteiger charge is -2.36. The van der Waals surface area contributed by atoms with E-state index in [1.165, 1.54) is 11.0 Å². The largest absolute Gasteiger partial charge is 0.497 e. The van der Waals surface area contributed by atoms with Crippen molar-refractivity contribution in [2.75, 3.05) is 13.7 Å². The number of methoxy groups -OCH3 is 1. The third kappa shape index (κ3) is 8.41. The van der Waals surface area contributed by atoms with E-state index in [1.54, 1.807) is 19.4 Å². The molecule has 3 aromatic rings. The molecule has 2 aliphatic carbocycles. The summed E-state index contributed by atoms with van der Waals surface area (Å²) in [6.07, 6.45) is 3.45. The first-order valence-corrected chi connectivity index (χ1v) is 20.0. The van der Waals surface area contributed by atoms with Gasteiger partial charge in [0, 0.05) is 23.9 Å². The van der Waals surface area contributed by atoms with Crippen molar-refractivity contribution in [3.63, 3.8) is 0 Å². The number of nitrogens with one attached hydrogen (secondary N) is 4. The maximum Gasteiger partial charge on any atom is 0.316 e. The lowest BCUT2D eigenvalue weighted by molar-refractivity contribution is -0.142. The van der Waals surface area contributed by atoms with Gasteiger partial charge in [-0.3, -0.25) is 19.1 Å². The fraction of sp³-hybridized carbons (Fsp3) is 0.475. The molecule has 4 N–H and O–H groups in total. The summed E-state index contributed by atoms with van der Waals surface area (Å²) in [5.74, 6) is -1.63. The number of hydrogen-bond donors (Lipinski definition) is 4. The van der Waals surface area contributed by atoms with Crippen molar-refractivity contribution >= 4 is 44.5 Å². The Morgan fingerprint density at radius 3 is 2.36 bits per heavy atom. The van der Waals surface area contributed by atoms with Crippen molar-refractivity contribution < 1.29 is 37.1 Å². The highest BCUT2D eigenvalue weighted by Gasteiger charge is 2.62. The van der Waals surface area contributed by atoms with Gasteiger partial charge in [-0.15, -0.1) is 6.58 Å². The van der Waals surface area contributed by atoms with E-state index in [1.807, 2.05) is 83.1 Å². The lowest BCUT2D eigenvalue weighted by Crippen LogP contribution is -2.61. The van der Waals surface area contributed by atoms with E-state index in [2.05, 4.69) is 32.2 Å². The minimum absolute atomic E-state index is 0.0206. The maximum absolute atomic E-state index is 14.7. The van der Waals surface area contributed by atoms with E-state index in [0.29, 0.717) is 29.9 Å². The Bertz CT molecular complexity index is 2100. The number of nitrogens with zero attached hydrogens (tertiary/aromatic N) is 2. The van der Waals surface area contributed by atoms with Crippen LogP contribution in [0.2, 0.25) is 0 Å². The van der Waals surface area contributed by atoms with Gasteiger partial charge in [-0.05, 0) is 73.7 Å². The SMILES string of the molecule is C=CC1C[C@]1(NC(=O)[C@@H]1C[C@@H](Oc2nccc3cc(OC)ccc23)CN1C(=O)[C@@H](NC(=O)NC(C)(C)c1ccccc1)C(C)(C)C)C(=O)NS(=O)(=O)C1CC1. The molecule has 14 nitrogen and oxygen atoms in total. The summed E-state index contributed by atoms with van der Waals surface area (Å²) in [6, 6.07) is 13.8. The summed E-state index contributed by atoms with van der Waals surface area (Å²) in [7, 11) is -2.34. The number of likely N-dealkylation sites (tertiary alicyclic amines) is 1. The molecule has 3 aliphatic rings. The van der Waals surface area contributed by atoms with Crippen molar-refractivity contribution in [1.82, 2.24) is 30.6 Å². The van der Waals surface area contributed by atoms with Crippen LogP contribution in [-0.4, -0.2) is 84.7 Å². The van der Waals surface area contributed by atoms with Crippen LogP contribution in [0, 0.1) is 11.3 Å². The van der Waals surface area contributed by atoms with Crippen LogP contribution in [0.15, 0.2) is 73.4 Å². The van der Waals surface area contributed by atoms with Gasteiger partial charge in [0.2, 0.25) is 27.7 Å². The first kappa shape index (κ1) is 39.5. The second-order valence-electron chi connectivity index (χ2n) is 16.3. The molecule has 2 heterocycles. The van der Waals surface area contributed by atoms with Crippen molar-refractivity contribution in [1.29, 1.82) is 0 Å². The lowest BCUT2D eigenvalue weighted by atomic mass is 9.85. The summed E-state index contributed by atoms with van der Waals surface area (Å²) in [6.45, 7) is 12.9. The third-order valence-electron chi connectivity index (χ3n) is 10.6. The number of fused-ring (bicyclic) bond motifs is 1. The number of ether oxygens (including phenoxy) is 2. The standard InChI is InChI=1S/C40H50N6O8S/c1-8-25-22-40(25,36(49)45-55(51,52)29-15-16-29)43-33(47)31-21-28(54-34-30-17-14-27(53-7)20-24(30)18-19-41-34)23-46(31)35(48)32(38(2,3)4)42-37(50)44-39(5,6)26-12-10-9-11-13-26/h8-14,17-20,25,28-29,31-32H,1,15-16,21-23H2,2-7H3,(H,43,47)(H,45,49)(H2,42,44,50)/t25?,28-,31+,32-,40-/m1/s1. The molecule has 0 bridgehead atoms. The summed E-state index contributed by atoms with van der Waals surface area (Å²) in [4.78, 5) is 62.0. The van der Waals surface area contributed by atoms with Gasteiger partial charge in [-0.25, -0.2) is 18.2 Å². The molecule has 0 radical (unpaired) electrons. The number of hydrogen-bond acceptors (Lipinski definition) is 9. The zero-order valence-corrected chi connectivity index (χ0v) is 32.9. The monoisotopic (exact) mass is 774 g/mol. The zero-order valence-electron chi connectivity index (χ0n) is 32.0. The highest BCUT2D eigenvalue weighted by atomic mass is 32.2. The molecule has 3 fully saturated rings. The number of benzene rings is 2. The Kier molecular flexibility index (Phi) is 10.6. The average Bonchev–Trinajstić information content (AvgIpc) is 4.06. The van der Waals surface area contributed by atoms with Crippen LogP contribution in [0.4, 0.5) is 4.79 Å². The van der Waals surface area contributed by atoms with E-state index in [0.717, 1.165) is 10.9 Å². The molecular formula is C40H50N6O8S. The Balaban J connectivity index is 1.28. The van der Waals surface area contributed by atoms with Crippen molar-refractivity contribution in [3.8, 4) is 11.6 Å². The Morgan fingerprint density at radius 1 is 1.04 bits per heavy atom. The Hall–Kier alpha value is -5.18. The van der Waals surface area contributed by atoms with E-state index in [4.69, 9.17) is 9.47 Å². The molecule has 55 heavy (non-hydrogen) atoms. The van der Waals surface area contributed by atoms with Gasteiger partial charge in [0.05, 0.1) is 24.4 Å². The number of carbonyl (C=O) groups excluding carboxylic acids is 4. The maximum atomic E-state index is 14.7. The Morgan fingerprint density at radius 2 is 1.75 bits per heavy atom. The van der Waals surface area contributed by atoms with Gasteiger partial charge in [0.1, 0.15) is 29.5 Å². The van der Waals surface area contributed by atoms with E-state index < -0.39 is 79.6 Å². The molecule has 1 saturated heterocycles. The molecule has 1 aromatic heterocycles. The number of amides is 5. The molecule has 1 unspecified atom stereocenters. The normalized spacial score (nSPS) is 22.9. The van der Waals surface area contributed by atoms with Crippen LogP contribution in [0.3, 0.4) is 0 Å². The molecule has 1 aliphatic heterocycles. The summed E-state index contributed by atoms with van der Waals surface area (Å²) < 4.78 is 39.4. The Labute approximate surface area is 321 Å². The van der Waals surface area contributed by atoms with Gasteiger partial charge in [0.15, 0.2) is 0 Å². The van der Waals surface area contributed by atoms with Gasteiger partial charge in [0.25, 0.3) is 5.91 Å². The van der Waals surface area contributed by atoms with Crippen LogP contribution in [0.25, 0.3) is 10.8 Å². The number of rotatable bonds is 13. The van der Waals surface area contributed by atoms with Crippen LogP contribution < -0.4 is 30.1 Å². The van der Waals surface area contributed by atoms with E-state index in [9.17, 15) is 27.6 Å². The second kappa shape index (κ2) is 14.8. The minimum atomic E-state index is -3.91. The predicted octanol–water partition coefficient (Wildman–Crippen LogP) is 3.91. The van der Waals surface area contributed by atoms with Crippen LogP contribution in [-0.2, 0) is 29.9 Å². The van der Waals surface area contributed by atoms with Gasteiger partial charge < -0.3 is 30.3 Å². The molecule has 5 atom stereocenters. The summed E-state index contributed by atoms with van der Waals surface area (Å²) >= 11 is 0. The first-order valence-electron chi connectivity index (χ1n) is 18.4. The predicted molar refractivity (Wildman–Crippen MR) is 206 cm³/mol. The molecule has 2 aromatic carbocycles. The highest BCUT2D eigenvalue weighted by molar-refractivity contribution is 7.91. The number of aromatic nitrogens is 1. The van der Waals surface area contributed by atoms with Crippen molar-refractivity contribution in [2.24, 2.45) is 11.3 Å².